The second-order valence-electron chi connectivity index (χ2n) is 5.75. The third-order valence-corrected chi connectivity index (χ3v) is 4.80. The molecule has 0 aliphatic carbocycles. The lowest BCUT2D eigenvalue weighted by atomic mass is 9.78. The minimum absolute atomic E-state index is 0.356. The van der Waals surface area contributed by atoms with Crippen LogP contribution < -0.4 is 5.32 Å². The van der Waals surface area contributed by atoms with Crippen molar-refractivity contribution in [2.75, 3.05) is 6.54 Å². The highest BCUT2D eigenvalue weighted by molar-refractivity contribution is 7.16. The van der Waals surface area contributed by atoms with Crippen molar-refractivity contribution in [1.29, 1.82) is 0 Å². The van der Waals surface area contributed by atoms with Gasteiger partial charge in [-0.15, -0.1) is 11.3 Å². The predicted octanol–water partition coefficient (Wildman–Crippen LogP) is 5.12. The lowest BCUT2D eigenvalue weighted by Gasteiger charge is -2.30. The van der Waals surface area contributed by atoms with E-state index >= 15 is 0 Å². The normalized spacial score (nSPS) is 15.9. The highest BCUT2D eigenvalue weighted by Crippen LogP contribution is 2.36. The van der Waals surface area contributed by atoms with Crippen LogP contribution in [0.1, 0.15) is 52.0 Å². The summed E-state index contributed by atoms with van der Waals surface area (Å²) in [5, 5.41) is 3.57. The molecule has 1 rings (SSSR count). The first-order valence-electron chi connectivity index (χ1n) is 6.33. The fourth-order valence-electron chi connectivity index (χ4n) is 1.77. The van der Waals surface area contributed by atoms with Gasteiger partial charge < -0.3 is 5.32 Å². The van der Waals surface area contributed by atoms with E-state index in [0.29, 0.717) is 17.4 Å². The number of hydrogen-bond donors (Lipinski definition) is 1. The van der Waals surface area contributed by atoms with Crippen LogP contribution in [0, 0.1) is 11.3 Å². The number of halogens is 1. The molecular formula is C14H24ClNS. The Morgan fingerprint density at radius 2 is 2.00 bits per heavy atom. The predicted molar refractivity (Wildman–Crippen MR) is 79.0 cm³/mol. The summed E-state index contributed by atoms with van der Waals surface area (Å²) in [5.41, 5.74) is 0.356. The molecule has 0 amide bonds. The second-order valence-corrected chi connectivity index (χ2v) is 7.50. The zero-order valence-corrected chi connectivity index (χ0v) is 13.1. The van der Waals surface area contributed by atoms with Gasteiger partial charge in [0.1, 0.15) is 0 Å². The molecule has 3 heteroatoms. The van der Waals surface area contributed by atoms with Crippen LogP contribution in [0.15, 0.2) is 12.1 Å². The molecule has 0 radical (unpaired) electrons. The van der Waals surface area contributed by atoms with Crippen LogP contribution in [-0.4, -0.2) is 6.54 Å². The minimum Gasteiger partial charge on any atom is -0.310 e. The van der Waals surface area contributed by atoms with Gasteiger partial charge >= 0.3 is 0 Å². The largest absolute Gasteiger partial charge is 0.310 e. The Kier molecular flexibility index (Phi) is 5.49. The van der Waals surface area contributed by atoms with Crippen LogP contribution in [0.4, 0.5) is 0 Å². The van der Waals surface area contributed by atoms with E-state index in [1.54, 1.807) is 11.3 Å². The van der Waals surface area contributed by atoms with Gasteiger partial charge in [0.15, 0.2) is 0 Å². The lowest BCUT2D eigenvalue weighted by Crippen LogP contribution is -2.26. The van der Waals surface area contributed by atoms with E-state index in [-0.39, 0.29) is 0 Å². The molecular weight excluding hydrogens is 250 g/mol. The summed E-state index contributed by atoms with van der Waals surface area (Å²) in [4.78, 5) is 1.35. The van der Waals surface area contributed by atoms with E-state index in [2.05, 4.69) is 46.0 Å². The number of nitrogens with one attached hydrogen (secondary N) is 1. The van der Waals surface area contributed by atoms with E-state index in [9.17, 15) is 0 Å². The van der Waals surface area contributed by atoms with Crippen LogP contribution in [0.3, 0.4) is 0 Å². The highest BCUT2D eigenvalue weighted by Gasteiger charge is 2.24. The van der Waals surface area contributed by atoms with Gasteiger partial charge in [0, 0.05) is 10.9 Å². The van der Waals surface area contributed by atoms with E-state index in [0.717, 1.165) is 17.3 Å². The van der Waals surface area contributed by atoms with E-state index in [4.69, 9.17) is 11.6 Å². The Balaban J connectivity index is 2.73. The topological polar surface area (TPSA) is 12.0 Å². The van der Waals surface area contributed by atoms with Crippen molar-refractivity contribution in [3.63, 3.8) is 0 Å². The van der Waals surface area contributed by atoms with Crippen molar-refractivity contribution in [3.05, 3.63) is 21.3 Å². The maximum atomic E-state index is 6.02. The fraction of sp³-hybridized carbons (Fsp3) is 0.714. The average Bonchev–Trinajstić information content (AvgIpc) is 2.62. The zero-order chi connectivity index (χ0) is 13.1. The smallest absolute Gasteiger partial charge is 0.0931 e. The molecule has 1 aromatic rings. The summed E-state index contributed by atoms with van der Waals surface area (Å²) in [5.74, 6) is 0.674. The molecule has 2 atom stereocenters. The SMILES string of the molecule is CCNC(CC(C)C(C)(C)C)c1ccc(Cl)s1. The highest BCUT2D eigenvalue weighted by atomic mass is 35.5. The first kappa shape index (κ1) is 15.0. The summed E-state index contributed by atoms with van der Waals surface area (Å²) in [6.07, 6.45) is 1.16. The van der Waals surface area contributed by atoms with Gasteiger partial charge in [-0.2, -0.15) is 0 Å². The molecule has 0 aliphatic heterocycles. The Labute approximate surface area is 115 Å². The quantitative estimate of drug-likeness (QED) is 0.785. The fourth-order valence-corrected chi connectivity index (χ4v) is 2.92. The first-order valence-corrected chi connectivity index (χ1v) is 7.52. The maximum absolute atomic E-state index is 6.02. The molecule has 1 aromatic heterocycles. The monoisotopic (exact) mass is 273 g/mol. The van der Waals surface area contributed by atoms with E-state index in [1.165, 1.54) is 4.88 Å². The van der Waals surface area contributed by atoms with Crippen LogP contribution in [0.25, 0.3) is 0 Å². The van der Waals surface area contributed by atoms with Crippen molar-refractivity contribution >= 4 is 22.9 Å². The number of rotatable bonds is 5. The molecule has 0 saturated heterocycles. The first-order chi connectivity index (χ1) is 7.84. The van der Waals surface area contributed by atoms with E-state index < -0.39 is 0 Å². The molecule has 0 aromatic carbocycles. The maximum Gasteiger partial charge on any atom is 0.0931 e. The minimum atomic E-state index is 0.356. The number of thiophene rings is 1. The Hall–Kier alpha value is -0.0500. The molecule has 2 unspecified atom stereocenters. The molecule has 1 nitrogen and oxygen atoms in total. The summed E-state index contributed by atoms with van der Waals surface area (Å²) >= 11 is 7.71. The summed E-state index contributed by atoms with van der Waals surface area (Å²) in [6, 6.07) is 4.58. The molecule has 1 N–H and O–H groups in total. The van der Waals surface area contributed by atoms with Crippen molar-refractivity contribution < 1.29 is 0 Å². The van der Waals surface area contributed by atoms with Crippen molar-refractivity contribution in [3.8, 4) is 0 Å². The van der Waals surface area contributed by atoms with Crippen molar-refractivity contribution in [2.45, 2.75) is 47.1 Å². The second kappa shape index (κ2) is 6.21. The summed E-state index contributed by atoms with van der Waals surface area (Å²) in [6.45, 7) is 12.4. The Morgan fingerprint density at radius 3 is 2.41 bits per heavy atom. The van der Waals surface area contributed by atoms with Gasteiger partial charge in [0.05, 0.1) is 4.34 Å². The molecule has 1 heterocycles. The average molecular weight is 274 g/mol. The van der Waals surface area contributed by atoms with Gasteiger partial charge in [-0.25, -0.2) is 0 Å². The molecule has 0 saturated carbocycles. The Morgan fingerprint density at radius 1 is 1.35 bits per heavy atom. The van der Waals surface area contributed by atoms with Gasteiger partial charge in [-0.05, 0) is 36.4 Å². The van der Waals surface area contributed by atoms with Gasteiger partial charge in [0.25, 0.3) is 0 Å². The molecule has 0 spiro atoms. The third-order valence-electron chi connectivity index (χ3n) is 3.46. The standard InChI is InChI=1S/C14H24ClNS/c1-6-16-11(9-10(2)14(3,4)5)12-7-8-13(15)17-12/h7-8,10-11,16H,6,9H2,1-5H3. The molecule has 0 fully saturated rings. The zero-order valence-electron chi connectivity index (χ0n) is 11.5. The van der Waals surface area contributed by atoms with Gasteiger partial charge in [0.2, 0.25) is 0 Å². The van der Waals surface area contributed by atoms with Crippen LogP contribution in [0.5, 0.6) is 0 Å². The molecule has 0 bridgehead atoms. The van der Waals surface area contributed by atoms with Gasteiger partial charge in [-0.1, -0.05) is 46.2 Å². The van der Waals surface area contributed by atoms with Crippen LogP contribution >= 0.6 is 22.9 Å². The molecule has 17 heavy (non-hydrogen) atoms. The van der Waals surface area contributed by atoms with Crippen molar-refractivity contribution in [1.82, 2.24) is 5.32 Å². The third kappa shape index (κ3) is 4.61. The van der Waals surface area contributed by atoms with E-state index in [1.807, 2.05) is 6.07 Å². The van der Waals surface area contributed by atoms with Gasteiger partial charge in [-0.3, -0.25) is 0 Å². The van der Waals surface area contributed by atoms with Crippen LogP contribution in [0.2, 0.25) is 4.34 Å². The summed E-state index contributed by atoms with van der Waals surface area (Å²) < 4.78 is 0.881. The van der Waals surface area contributed by atoms with Crippen molar-refractivity contribution in [2.24, 2.45) is 11.3 Å². The molecule has 98 valence electrons. The Bertz CT molecular complexity index is 340. The summed E-state index contributed by atoms with van der Waals surface area (Å²) in [7, 11) is 0. The molecule has 0 aliphatic rings. The van der Waals surface area contributed by atoms with Crippen LogP contribution in [-0.2, 0) is 0 Å². The number of hydrogen-bond acceptors (Lipinski definition) is 2. The lowest BCUT2D eigenvalue weighted by molar-refractivity contribution is 0.225.